The lowest BCUT2D eigenvalue weighted by Crippen LogP contribution is -2.37. The van der Waals surface area contributed by atoms with Crippen molar-refractivity contribution in [1.29, 1.82) is 0 Å². The van der Waals surface area contributed by atoms with Crippen LogP contribution in [0.2, 0.25) is 0 Å². The van der Waals surface area contributed by atoms with Gasteiger partial charge in [0, 0.05) is 25.4 Å². The van der Waals surface area contributed by atoms with Crippen LogP contribution in [0.1, 0.15) is 49.1 Å². The third-order valence-corrected chi connectivity index (χ3v) is 5.51. The van der Waals surface area contributed by atoms with E-state index in [1.165, 1.54) is 16.0 Å². The summed E-state index contributed by atoms with van der Waals surface area (Å²) in [4.78, 5) is 37.7. The molecule has 6 nitrogen and oxygen atoms in total. The molecule has 2 aromatic carbocycles. The van der Waals surface area contributed by atoms with Crippen LogP contribution in [0.3, 0.4) is 0 Å². The van der Waals surface area contributed by atoms with Gasteiger partial charge in [-0.05, 0) is 30.4 Å². The van der Waals surface area contributed by atoms with Crippen molar-refractivity contribution in [2.75, 3.05) is 26.2 Å². The van der Waals surface area contributed by atoms with Gasteiger partial charge in [-0.1, -0.05) is 67.1 Å². The highest BCUT2D eigenvalue weighted by Gasteiger charge is 2.20. The fraction of sp³-hybridized carbons (Fsp3) is 0.400. The normalized spacial score (nSPS) is 14.2. The largest absolute Gasteiger partial charge is 0.454 e. The first kappa shape index (κ1) is 22.5. The number of amides is 2. The maximum atomic E-state index is 12.1. The molecule has 0 unspecified atom stereocenters. The van der Waals surface area contributed by atoms with Gasteiger partial charge < -0.3 is 15.0 Å². The molecule has 1 saturated heterocycles. The Balaban J connectivity index is 1.44. The summed E-state index contributed by atoms with van der Waals surface area (Å²) in [5.41, 5.74) is 2.38. The Morgan fingerprint density at radius 2 is 1.58 bits per heavy atom. The Hall–Kier alpha value is -3.15. The van der Waals surface area contributed by atoms with Crippen molar-refractivity contribution in [1.82, 2.24) is 10.2 Å². The van der Waals surface area contributed by atoms with Gasteiger partial charge in [0.2, 0.25) is 5.91 Å². The van der Waals surface area contributed by atoms with E-state index in [4.69, 9.17) is 4.74 Å². The monoisotopic (exact) mass is 422 g/mol. The minimum atomic E-state index is -0.545. The number of hydrogen-bond acceptors (Lipinski definition) is 4. The summed E-state index contributed by atoms with van der Waals surface area (Å²) < 4.78 is 5.08. The molecule has 1 aliphatic heterocycles. The summed E-state index contributed by atoms with van der Waals surface area (Å²) in [7, 11) is 0. The zero-order valence-corrected chi connectivity index (χ0v) is 17.8. The zero-order valence-electron chi connectivity index (χ0n) is 17.8. The Morgan fingerprint density at radius 1 is 0.935 bits per heavy atom. The Kier molecular flexibility index (Phi) is 8.64. The Bertz CT molecular complexity index is 815. The average molecular weight is 423 g/mol. The summed E-state index contributed by atoms with van der Waals surface area (Å²) in [6.07, 6.45) is 3.95. The van der Waals surface area contributed by atoms with Crippen molar-refractivity contribution in [3.05, 3.63) is 71.8 Å². The summed E-state index contributed by atoms with van der Waals surface area (Å²) >= 11 is 0. The number of benzene rings is 2. The van der Waals surface area contributed by atoms with Gasteiger partial charge in [0.1, 0.15) is 6.54 Å². The second kappa shape index (κ2) is 11.9. The molecule has 2 aromatic rings. The average Bonchev–Trinajstić information content (AvgIpc) is 3.00. The lowest BCUT2D eigenvalue weighted by atomic mass is 9.88. The third kappa shape index (κ3) is 7.24. The number of carbonyl (C=O) groups is 3. The van der Waals surface area contributed by atoms with Crippen LogP contribution in [0.25, 0.3) is 0 Å². The van der Waals surface area contributed by atoms with Crippen LogP contribution in [0.5, 0.6) is 0 Å². The first-order valence-corrected chi connectivity index (χ1v) is 10.9. The van der Waals surface area contributed by atoms with Crippen LogP contribution in [0, 0.1) is 0 Å². The van der Waals surface area contributed by atoms with E-state index in [-0.39, 0.29) is 30.9 Å². The molecule has 0 radical (unpaired) electrons. The SMILES string of the molecule is O=C(COC(=O)CN1CCCCCC1=O)NCCC(c1ccccc1)c1ccccc1. The van der Waals surface area contributed by atoms with Crippen LogP contribution in [0.15, 0.2) is 60.7 Å². The molecule has 1 fully saturated rings. The first-order valence-electron chi connectivity index (χ1n) is 10.9. The van der Waals surface area contributed by atoms with Gasteiger partial charge in [0.05, 0.1) is 0 Å². The minimum Gasteiger partial charge on any atom is -0.454 e. The summed E-state index contributed by atoms with van der Waals surface area (Å²) in [6, 6.07) is 20.4. The van der Waals surface area contributed by atoms with Crippen LogP contribution >= 0.6 is 0 Å². The van der Waals surface area contributed by atoms with Gasteiger partial charge in [-0.25, -0.2) is 0 Å². The lowest BCUT2D eigenvalue weighted by Gasteiger charge is -2.19. The quantitative estimate of drug-likeness (QED) is 0.630. The fourth-order valence-electron chi connectivity index (χ4n) is 3.86. The molecular formula is C25H30N2O4. The van der Waals surface area contributed by atoms with Crippen LogP contribution < -0.4 is 5.32 Å². The van der Waals surface area contributed by atoms with Gasteiger partial charge >= 0.3 is 5.97 Å². The minimum absolute atomic E-state index is 0.0215. The van der Waals surface area contributed by atoms with Crippen molar-refractivity contribution in [2.45, 2.75) is 38.0 Å². The Morgan fingerprint density at radius 3 is 2.23 bits per heavy atom. The highest BCUT2D eigenvalue weighted by molar-refractivity contribution is 5.84. The number of hydrogen-bond donors (Lipinski definition) is 1. The molecule has 0 aromatic heterocycles. The molecule has 6 heteroatoms. The van der Waals surface area contributed by atoms with E-state index in [2.05, 4.69) is 29.6 Å². The second-order valence-corrected chi connectivity index (χ2v) is 7.80. The lowest BCUT2D eigenvalue weighted by molar-refractivity contribution is -0.152. The molecule has 3 rings (SSSR count). The van der Waals surface area contributed by atoms with E-state index in [0.29, 0.717) is 19.5 Å². The predicted molar refractivity (Wildman–Crippen MR) is 118 cm³/mol. The number of carbonyl (C=O) groups excluding carboxylic acids is 3. The number of likely N-dealkylation sites (tertiary alicyclic amines) is 1. The third-order valence-electron chi connectivity index (χ3n) is 5.51. The van der Waals surface area contributed by atoms with Gasteiger partial charge in [-0.3, -0.25) is 14.4 Å². The predicted octanol–water partition coefficient (Wildman–Crippen LogP) is 3.27. The number of ether oxygens (including phenoxy) is 1. The van der Waals surface area contributed by atoms with Crippen LogP contribution in [-0.4, -0.2) is 48.9 Å². The van der Waals surface area contributed by atoms with Gasteiger partial charge in [0.25, 0.3) is 5.91 Å². The van der Waals surface area contributed by atoms with E-state index in [0.717, 1.165) is 25.7 Å². The number of esters is 1. The summed E-state index contributed by atoms with van der Waals surface area (Å²) in [6.45, 7) is 0.619. The topological polar surface area (TPSA) is 75.7 Å². The summed E-state index contributed by atoms with van der Waals surface area (Å²) in [5.74, 6) is -0.738. The molecule has 1 heterocycles. The van der Waals surface area contributed by atoms with Crippen LogP contribution in [0.4, 0.5) is 0 Å². The molecule has 0 spiro atoms. The number of rotatable bonds is 9. The van der Waals surface area contributed by atoms with Gasteiger partial charge in [-0.15, -0.1) is 0 Å². The fourth-order valence-corrected chi connectivity index (χ4v) is 3.86. The van der Waals surface area contributed by atoms with Gasteiger partial charge in [-0.2, -0.15) is 0 Å². The highest BCUT2D eigenvalue weighted by atomic mass is 16.5. The van der Waals surface area contributed by atoms with Gasteiger partial charge in [0.15, 0.2) is 6.61 Å². The van der Waals surface area contributed by atoms with E-state index in [9.17, 15) is 14.4 Å². The molecule has 164 valence electrons. The Labute approximate surface area is 183 Å². The second-order valence-electron chi connectivity index (χ2n) is 7.80. The highest BCUT2D eigenvalue weighted by Crippen LogP contribution is 2.27. The van der Waals surface area contributed by atoms with Crippen molar-refractivity contribution < 1.29 is 19.1 Å². The smallest absolute Gasteiger partial charge is 0.326 e. The molecule has 0 saturated carbocycles. The molecule has 2 amide bonds. The van der Waals surface area contributed by atoms with E-state index in [1.807, 2.05) is 36.4 Å². The van der Waals surface area contributed by atoms with E-state index >= 15 is 0 Å². The molecular weight excluding hydrogens is 392 g/mol. The number of nitrogens with zero attached hydrogens (tertiary/aromatic N) is 1. The van der Waals surface area contributed by atoms with Crippen molar-refractivity contribution in [3.8, 4) is 0 Å². The molecule has 1 aliphatic rings. The van der Waals surface area contributed by atoms with Crippen molar-refractivity contribution in [3.63, 3.8) is 0 Å². The first-order chi connectivity index (χ1) is 15.1. The zero-order chi connectivity index (χ0) is 21.9. The molecule has 0 aliphatic carbocycles. The molecule has 31 heavy (non-hydrogen) atoms. The number of nitrogens with one attached hydrogen (secondary N) is 1. The molecule has 0 bridgehead atoms. The van der Waals surface area contributed by atoms with Crippen LogP contribution in [-0.2, 0) is 19.1 Å². The van der Waals surface area contributed by atoms with Crippen molar-refractivity contribution >= 4 is 17.8 Å². The maximum Gasteiger partial charge on any atom is 0.326 e. The summed E-state index contributed by atoms with van der Waals surface area (Å²) in [5, 5.41) is 2.83. The van der Waals surface area contributed by atoms with Crippen molar-refractivity contribution in [2.24, 2.45) is 0 Å². The van der Waals surface area contributed by atoms with E-state index < -0.39 is 5.97 Å². The molecule has 1 N–H and O–H groups in total. The standard InChI is InChI=1S/C25H30N2O4/c28-23(19-31-25(30)18-27-17-9-3-8-14-24(27)29)26-16-15-22(20-10-4-1-5-11-20)21-12-6-2-7-13-21/h1-2,4-7,10-13,22H,3,8-9,14-19H2,(H,26,28). The molecule has 0 atom stereocenters. The van der Waals surface area contributed by atoms with E-state index in [1.54, 1.807) is 0 Å². The maximum absolute atomic E-state index is 12.1.